The minimum atomic E-state index is 0. The number of amides is 1. The van der Waals surface area contributed by atoms with Crippen LogP contribution in [0.2, 0.25) is 0 Å². The van der Waals surface area contributed by atoms with E-state index in [1.54, 1.807) is 7.11 Å². The number of rotatable bonds is 6. The summed E-state index contributed by atoms with van der Waals surface area (Å²) in [6.07, 6.45) is 2.57. The lowest BCUT2D eigenvalue weighted by Gasteiger charge is -2.12. The molecule has 0 aromatic heterocycles. The molecule has 0 radical (unpaired) electrons. The Hall–Kier alpha value is -1.30. The van der Waals surface area contributed by atoms with Crippen LogP contribution in [0.4, 0.5) is 5.69 Å². The average Bonchev–Trinajstić information content (AvgIpc) is 2.86. The van der Waals surface area contributed by atoms with Crippen molar-refractivity contribution >= 4 is 24.0 Å². The summed E-state index contributed by atoms with van der Waals surface area (Å²) in [6, 6.07) is 7.56. The number of hydrogen-bond donors (Lipinski definition) is 2. The van der Waals surface area contributed by atoms with E-state index in [1.165, 1.54) is 0 Å². The molecular weight excluding hydrogens is 292 g/mol. The van der Waals surface area contributed by atoms with Crippen molar-refractivity contribution in [1.29, 1.82) is 0 Å². The third-order valence-electron chi connectivity index (χ3n) is 3.50. The van der Waals surface area contributed by atoms with Gasteiger partial charge in [0.25, 0.3) is 0 Å². The second-order valence-corrected chi connectivity index (χ2v) is 5.13. The van der Waals surface area contributed by atoms with Crippen LogP contribution >= 0.6 is 12.4 Å². The van der Waals surface area contributed by atoms with E-state index < -0.39 is 0 Å². The lowest BCUT2D eigenvalue weighted by Crippen LogP contribution is -2.23. The minimum absolute atomic E-state index is 0. The highest BCUT2D eigenvalue weighted by molar-refractivity contribution is 5.92. The molecule has 2 unspecified atom stereocenters. The Morgan fingerprint density at radius 3 is 2.86 bits per heavy atom. The second kappa shape index (κ2) is 8.87. The second-order valence-electron chi connectivity index (χ2n) is 5.13. The summed E-state index contributed by atoms with van der Waals surface area (Å²) in [5.74, 6) is 0.804. The van der Waals surface area contributed by atoms with Gasteiger partial charge in [0.1, 0.15) is 12.4 Å². The fourth-order valence-corrected chi connectivity index (χ4v) is 2.41. The molecule has 1 amide bonds. The zero-order chi connectivity index (χ0) is 14.4. The number of halogens is 1. The molecule has 0 aliphatic heterocycles. The summed E-state index contributed by atoms with van der Waals surface area (Å²) in [6.45, 7) is 1.03. The Morgan fingerprint density at radius 2 is 2.19 bits per heavy atom. The summed E-state index contributed by atoms with van der Waals surface area (Å²) in [4.78, 5) is 12.1. The van der Waals surface area contributed by atoms with E-state index in [0.717, 1.165) is 30.7 Å². The summed E-state index contributed by atoms with van der Waals surface area (Å²) < 4.78 is 10.4. The topological polar surface area (TPSA) is 73.6 Å². The lowest BCUT2D eigenvalue weighted by molar-refractivity contribution is -0.119. The molecule has 3 N–H and O–H groups in total. The van der Waals surface area contributed by atoms with Crippen LogP contribution < -0.4 is 15.8 Å². The van der Waals surface area contributed by atoms with Gasteiger partial charge in [0.15, 0.2) is 0 Å². The normalized spacial score (nSPS) is 20.7. The summed E-state index contributed by atoms with van der Waals surface area (Å²) in [5, 5.41) is 2.93. The van der Waals surface area contributed by atoms with E-state index in [0.29, 0.717) is 13.2 Å². The van der Waals surface area contributed by atoms with Crippen molar-refractivity contribution < 1.29 is 14.3 Å². The van der Waals surface area contributed by atoms with Gasteiger partial charge < -0.3 is 20.5 Å². The van der Waals surface area contributed by atoms with Crippen molar-refractivity contribution in [2.45, 2.75) is 25.3 Å². The van der Waals surface area contributed by atoms with Crippen LogP contribution in [-0.4, -0.2) is 32.3 Å². The predicted molar refractivity (Wildman–Crippen MR) is 85.0 cm³/mol. The molecule has 21 heavy (non-hydrogen) atoms. The number of carbonyl (C=O) groups excluding carboxylic acids is 1. The smallest absolute Gasteiger partial charge is 0.227 e. The van der Waals surface area contributed by atoms with Crippen LogP contribution in [0.15, 0.2) is 24.3 Å². The van der Waals surface area contributed by atoms with Crippen LogP contribution in [-0.2, 0) is 9.53 Å². The van der Waals surface area contributed by atoms with E-state index >= 15 is 0 Å². The SMILES string of the molecule is COCCOc1cccc(NC(=O)C2CCC(N)C2)c1.Cl. The maximum Gasteiger partial charge on any atom is 0.227 e. The van der Waals surface area contributed by atoms with Crippen LogP contribution in [0.5, 0.6) is 5.75 Å². The van der Waals surface area contributed by atoms with Crippen LogP contribution in [0.1, 0.15) is 19.3 Å². The average molecular weight is 315 g/mol. The Bertz CT molecular complexity index is 456. The van der Waals surface area contributed by atoms with Crippen molar-refractivity contribution in [3.8, 4) is 5.75 Å². The van der Waals surface area contributed by atoms with Gasteiger partial charge in [-0.15, -0.1) is 12.4 Å². The number of anilines is 1. The third kappa shape index (κ3) is 5.53. The van der Waals surface area contributed by atoms with Gasteiger partial charge in [0.05, 0.1) is 6.61 Å². The summed E-state index contributed by atoms with van der Waals surface area (Å²) in [7, 11) is 1.63. The van der Waals surface area contributed by atoms with Gasteiger partial charge in [-0.2, -0.15) is 0 Å². The Morgan fingerprint density at radius 1 is 1.38 bits per heavy atom. The lowest BCUT2D eigenvalue weighted by atomic mass is 10.1. The van der Waals surface area contributed by atoms with E-state index in [9.17, 15) is 4.79 Å². The molecule has 1 saturated carbocycles. The molecule has 2 rings (SSSR count). The monoisotopic (exact) mass is 314 g/mol. The highest BCUT2D eigenvalue weighted by Crippen LogP contribution is 2.26. The van der Waals surface area contributed by atoms with Crippen LogP contribution in [0.3, 0.4) is 0 Å². The van der Waals surface area contributed by atoms with E-state index in [-0.39, 0.29) is 30.3 Å². The number of methoxy groups -OCH3 is 1. The molecule has 0 heterocycles. The molecule has 6 heteroatoms. The first kappa shape index (κ1) is 17.8. The van der Waals surface area contributed by atoms with Gasteiger partial charge in [-0.25, -0.2) is 0 Å². The minimum Gasteiger partial charge on any atom is -0.491 e. The van der Waals surface area contributed by atoms with E-state index in [4.69, 9.17) is 15.2 Å². The van der Waals surface area contributed by atoms with Gasteiger partial charge in [0.2, 0.25) is 5.91 Å². The maximum absolute atomic E-state index is 12.1. The largest absolute Gasteiger partial charge is 0.491 e. The molecule has 2 atom stereocenters. The molecule has 1 aromatic carbocycles. The Labute approximate surface area is 131 Å². The Balaban J connectivity index is 0.00000220. The summed E-state index contributed by atoms with van der Waals surface area (Å²) >= 11 is 0. The van der Waals surface area contributed by atoms with Crippen molar-refractivity contribution in [1.82, 2.24) is 0 Å². The van der Waals surface area contributed by atoms with Crippen LogP contribution in [0.25, 0.3) is 0 Å². The van der Waals surface area contributed by atoms with Gasteiger partial charge >= 0.3 is 0 Å². The first-order valence-electron chi connectivity index (χ1n) is 6.97. The molecule has 0 bridgehead atoms. The molecular formula is C15H23ClN2O3. The molecule has 1 aromatic rings. The quantitative estimate of drug-likeness (QED) is 0.789. The highest BCUT2D eigenvalue weighted by Gasteiger charge is 2.27. The summed E-state index contributed by atoms with van der Waals surface area (Å²) in [5.41, 5.74) is 6.59. The molecule has 1 aliphatic carbocycles. The zero-order valence-electron chi connectivity index (χ0n) is 12.2. The maximum atomic E-state index is 12.1. The molecule has 0 spiro atoms. The fraction of sp³-hybridized carbons (Fsp3) is 0.533. The first-order valence-corrected chi connectivity index (χ1v) is 6.97. The van der Waals surface area contributed by atoms with Gasteiger partial charge in [-0.1, -0.05) is 6.07 Å². The zero-order valence-corrected chi connectivity index (χ0v) is 13.0. The van der Waals surface area contributed by atoms with E-state index in [2.05, 4.69) is 5.32 Å². The van der Waals surface area contributed by atoms with Gasteiger partial charge in [-0.3, -0.25) is 4.79 Å². The van der Waals surface area contributed by atoms with Gasteiger partial charge in [0, 0.05) is 30.8 Å². The van der Waals surface area contributed by atoms with Crippen molar-refractivity contribution in [2.24, 2.45) is 11.7 Å². The number of nitrogens with two attached hydrogens (primary N) is 1. The number of benzene rings is 1. The molecule has 5 nitrogen and oxygen atoms in total. The van der Waals surface area contributed by atoms with Gasteiger partial charge in [-0.05, 0) is 31.4 Å². The van der Waals surface area contributed by atoms with Crippen LogP contribution in [0, 0.1) is 5.92 Å². The molecule has 1 aliphatic rings. The predicted octanol–water partition coefficient (Wildman–Crippen LogP) is 2.20. The first-order chi connectivity index (χ1) is 9.69. The molecule has 118 valence electrons. The third-order valence-corrected chi connectivity index (χ3v) is 3.50. The molecule has 0 saturated heterocycles. The highest BCUT2D eigenvalue weighted by atomic mass is 35.5. The van der Waals surface area contributed by atoms with Crippen molar-refractivity contribution in [3.63, 3.8) is 0 Å². The van der Waals surface area contributed by atoms with E-state index in [1.807, 2.05) is 24.3 Å². The molecule has 1 fully saturated rings. The number of hydrogen-bond acceptors (Lipinski definition) is 4. The Kier molecular flexibility index (Phi) is 7.50. The number of carbonyl (C=O) groups is 1. The van der Waals surface area contributed by atoms with Crippen molar-refractivity contribution in [2.75, 3.05) is 25.6 Å². The standard InChI is InChI=1S/C15H22N2O3.ClH/c1-19-7-8-20-14-4-2-3-13(10-14)17-15(18)11-5-6-12(16)9-11;/h2-4,10-12H,5-9,16H2,1H3,(H,17,18);1H. The fourth-order valence-electron chi connectivity index (χ4n) is 2.41. The number of nitrogens with one attached hydrogen (secondary N) is 1. The number of ether oxygens (including phenoxy) is 2. The van der Waals surface area contributed by atoms with Crippen molar-refractivity contribution in [3.05, 3.63) is 24.3 Å².